The largest absolute Gasteiger partial charge is 0.253 e. The highest BCUT2D eigenvalue weighted by atomic mass is 15.1. The van der Waals surface area contributed by atoms with Crippen LogP contribution in [0.3, 0.4) is 0 Å². The van der Waals surface area contributed by atoms with Gasteiger partial charge in [-0.05, 0) is 12.8 Å². The first-order valence-corrected chi connectivity index (χ1v) is 12.3. The maximum absolute atomic E-state index is 2.38. The Hall–Kier alpha value is -0.790. The Morgan fingerprint density at radius 2 is 1.00 bits per heavy atom. The molecule has 0 aliphatic heterocycles. The number of unbranched alkanes of at least 4 members (excludes halogenated alkanes) is 17. The zero-order valence-corrected chi connectivity index (χ0v) is 19.0. The molecular weight excluding hydrogens is 328 g/mol. The fourth-order valence-corrected chi connectivity index (χ4v) is 4.02. The molecular formula is C25H49N2+. The normalized spacial score (nSPS) is 11.4. The Labute approximate surface area is 170 Å². The monoisotopic (exact) mass is 377 g/mol. The quantitative estimate of drug-likeness (QED) is 0.173. The van der Waals surface area contributed by atoms with Gasteiger partial charge in [-0.3, -0.25) is 0 Å². The van der Waals surface area contributed by atoms with Crippen LogP contribution >= 0.6 is 0 Å². The molecule has 0 aliphatic rings. The molecule has 1 aromatic heterocycles. The molecule has 1 rings (SSSR count). The number of rotatable bonds is 19. The molecule has 0 N–H and O–H groups in total. The average molecular weight is 378 g/mol. The predicted octanol–water partition coefficient (Wildman–Crippen LogP) is 7.66. The van der Waals surface area contributed by atoms with E-state index < -0.39 is 0 Å². The number of aromatic nitrogens is 2. The Balaban J connectivity index is 1.73. The standard InChI is InChI=1S/C25H49N2/c1-4-5-6-7-8-9-10-11-12-13-14-15-16-17-18-19-20-21-22-27-24-23-26(3)25(27)2/h23-24H,4-22H2,1-3H3/q+1. The lowest BCUT2D eigenvalue weighted by Gasteiger charge is -2.04. The maximum Gasteiger partial charge on any atom is 0.253 e. The van der Waals surface area contributed by atoms with Crippen molar-refractivity contribution in [3.05, 3.63) is 18.2 Å². The zero-order valence-electron chi connectivity index (χ0n) is 19.0. The van der Waals surface area contributed by atoms with Gasteiger partial charge < -0.3 is 0 Å². The van der Waals surface area contributed by atoms with Crippen molar-refractivity contribution >= 4 is 0 Å². The summed E-state index contributed by atoms with van der Waals surface area (Å²) in [5.74, 6) is 1.36. The molecule has 0 saturated heterocycles. The summed E-state index contributed by atoms with van der Waals surface area (Å²) < 4.78 is 4.58. The Kier molecular flexibility index (Phi) is 15.6. The van der Waals surface area contributed by atoms with Crippen LogP contribution in [0.4, 0.5) is 0 Å². The van der Waals surface area contributed by atoms with Gasteiger partial charge in [0.05, 0.1) is 13.6 Å². The van der Waals surface area contributed by atoms with Gasteiger partial charge in [0.1, 0.15) is 12.4 Å². The second-order valence-electron chi connectivity index (χ2n) is 8.66. The molecule has 0 atom stereocenters. The van der Waals surface area contributed by atoms with Crippen molar-refractivity contribution in [2.75, 3.05) is 0 Å². The van der Waals surface area contributed by atoms with Crippen molar-refractivity contribution in [2.45, 2.75) is 136 Å². The van der Waals surface area contributed by atoms with E-state index in [0.717, 1.165) is 0 Å². The van der Waals surface area contributed by atoms with Gasteiger partial charge in [0, 0.05) is 6.92 Å². The molecule has 2 nitrogen and oxygen atoms in total. The molecule has 158 valence electrons. The summed E-state index contributed by atoms with van der Waals surface area (Å²) >= 11 is 0. The molecule has 0 amide bonds. The van der Waals surface area contributed by atoms with Crippen LogP contribution in [0, 0.1) is 6.92 Å². The summed E-state index contributed by atoms with van der Waals surface area (Å²) in [6.45, 7) is 5.69. The van der Waals surface area contributed by atoms with Crippen molar-refractivity contribution in [1.29, 1.82) is 0 Å². The van der Waals surface area contributed by atoms with Crippen LogP contribution in [0.5, 0.6) is 0 Å². The van der Waals surface area contributed by atoms with E-state index in [4.69, 9.17) is 0 Å². The lowest BCUT2D eigenvalue weighted by Crippen LogP contribution is -2.29. The lowest BCUT2D eigenvalue weighted by atomic mass is 10.0. The highest BCUT2D eigenvalue weighted by Gasteiger charge is 2.07. The molecule has 1 aromatic rings. The van der Waals surface area contributed by atoms with E-state index in [9.17, 15) is 0 Å². The first-order valence-electron chi connectivity index (χ1n) is 12.3. The summed E-state index contributed by atoms with van der Waals surface area (Å²) in [4.78, 5) is 0. The van der Waals surface area contributed by atoms with E-state index in [1.165, 1.54) is 128 Å². The number of aryl methyl sites for hydroxylation is 2. The number of nitrogens with zero attached hydrogens (tertiary/aromatic N) is 2. The van der Waals surface area contributed by atoms with Crippen LogP contribution in [0.15, 0.2) is 12.4 Å². The maximum atomic E-state index is 2.38. The number of hydrogen-bond acceptors (Lipinski definition) is 0. The van der Waals surface area contributed by atoms with E-state index >= 15 is 0 Å². The second-order valence-corrected chi connectivity index (χ2v) is 8.66. The van der Waals surface area contributed by atoms with E-state index in [1.807, 2.05) is 0 Å². The molecule has 2 heteroatoms. The molecule has 27 heavy (non-hydrogen) atoms. The minimum atomic E-state index is 1.19. The summed E-state index contributed by atoms with van der Waals surface area (Å²) in [5, 5.41) is 0. The predicted molar refractivity (Wildman–Crippen MR) is 119 cm³/mol. The Morgan fingerprint density at radius 3 is 1.33 bits per heavy atom. The second kappa shape index (κ2) is 17.3. The highest BCUT2D eigenvalue weighted by molar-refractivity contribution is 4.78. The van der Waals surface area contributed by atoms with Gasteiger partial charge in [-0.25, -0.2) is 9.13 Å². The molecule has 0 fully saturated rings. The molecule has 0 aromatic carbocycles. The van der Waals surface area contributed by atoms with Gasteiger partial charge in [-0.15, -0.1) is 0 Å². The van der Waals surface area contributed by atoms with E-state index in [1.54, 1.807) is 0 Å². The molecule has 0 saturated carbocycles. The van der Waals surface area contributed by atoms with E-state index in [-0.39, 0.29) is 0 Å². The minimum Gasteiger partial charge on any atom is -0.237 e. The average Bonchev–Trinajstić information content (AvgIpc) is 2.99. The van der Waals surface area contributed by atoms with Gasteiger partial charge in [0.2, 0.25) is 0 Å². The third kappa shape index (κ3) is 13.1. The molecule has 0 bridgehead atoms. The molecule has 0 radical (unpaired) electrons. The minimum absolute atomic E-state index is 1.19. The summed E-state index contributed by atoms with van der Waals surface area (Å²) in [6, 6.07) is 0. The summed E-state index contributed by atoms with van der Waals surface area (Å²) in [7, 11) is 2.13. The van der Waals surface area contributed by atoms with Crippen molar-refractivity contribution in [2.24, 2.45) is 7.05 Å². The fraction of sp³-hybridized carbons (Fsp3) is 0.880. The van der Waals surface area contributed by atoms with Crippen molar-refractivity contribution in [3.8, 4) is 0 Å². The highest BCUT2D eigenvalue weighted by Crippen LogP contribution is 2.14. The topological polar surface area (TPSA) is 8.81 Å². The number of imidazole rings is 1. The van der Waals surface area contributed by atoms with Crippen LogP contribution in [0.2, 0.25) is 0 Å². The van der Waals surface area contributed by atoms with E-state index in [0.29, 0.717) is 0 Å². The molecule has 0 aliphatic carbocycles. The van der Waals surface area contributed by atoms with Crippen molar-refractivity contribution in [3.63, 3.8) is 0 Å². The third-order valence-corrected chi connectivity index (χ3v) is 6.15. The number of hydrogen-bond donors (Lipinski definition) is 0. The Morgan fingerprint density at radius 1 is 0.630 bits per heavy atom. The SMILES string of the molecule is CCCCCCCCCCCCCCCCCCCCn1cc[n+](C)c1C. The zero-order chi connectivity index (χ0) is 19.6. The first-order chi connectivity index (χ1) is 13.3. The third-order valence-electron chi connectivity index (χ3n) is 6.15. The van der Waals surface area contributed by atoms with Crippen LogP contribution in [-0.4, -0.2) is 4.57 Å². The van der Waals surface area contributed by atoms with Gasteiger partial charge in [0.15, 0.2) is 0 Å². The van der Waals surface area contributed by atoms with Gasteiger partial charge >= 0.3 is 0 Å². The van der Waals surface area contributed by atoms with Crippen LogP contribution < -0.4 is 4.57 Å². The lowest BCUT2D eigenvalue weighted by molar-refractivity contribution is -0.677. The van der Waals surface area contributed by atoms with Crippen molar-refractivity contribution < 1.29 is 4.57 Å². The van der Waals surface area contributed by atoms with Gasteiger partial charge in [-0.1, -0.05) is 110 Å². The molecule has 0 unspecified atom stereocenters. The Bertz CT molecular complexity index is 436. The molecule has 0 spiro atoms. The van der Waals surface area contributed by atoms with Gasteiger partial charge in [-0.2, -0.15) is 0 Å². The van der Waals surface area contributed by atoms with Crippen molar-refractivity contribution in [1.82, 2.24) is 4.57 Å². The summed E-state index contributed by atoms with van der Waals surface area (Å²) in [5.41, 5.74) is 0. The smallest absolute Gasteiger partial charge is 0.237 e. The fourth-order valence-electron chi connectivity index (χ4n) is 4.02. The van der Waals surface area contributed by atoms with Crippen LogP contribution in [-0.2, 0) is 13.6 Å². The van der Waals surface area contributed by atoms with Crippen LogP contribution in [0.1, 0.15) is 128 Å². The molecule has 1 heterocycles. The van der Waals surface area contributed by atoms with E-state index in [2.05, 4.69) is 42.4 Å². The first kappa shape index (κ1) is 24.2. The van der Waals surface area contributed by atoms with Gasteiger partial charge in [0.25, 0.3) is 5.82 Å². The summed E-state index contributed by atoms with van der Waals surface area (Å²) in [6.07, 6.45) is 30.4. The van der Waals surface area contributed by atoms with Crippen LogP contribution in [0.25, 0.3) is 0 Å².